The molecule has 0 aliphatic carbocycles. The summed E-state index contributed by atoms with van der Waals surface area (Å²) in [6.45, 7) is 4.94. The van der Waals surface area contributed by atoms with Gasteiger partial charge in [-0.15, -0.1) is 0 Å². The summed E-state index contributed by atoms with van der Waals surface area (Å²) in [6, 6.07) is 7.76. The molecule has 0 spiro atoms. The third-order valence-electron chi connectivity index (χ3n) is 3.20. The first-order valence-corrected chi connectivity index (χ1v) is 6.52. The molecule has 0 heterocycles. The van der Waals surface area contributed by atoms with Gasteiger partial charge in [-0.05, 0) is 37.6 Å². The maximum Gasteiger partial charge on any atom is 0.307 e. The van der Waals surface area contributed by atoms with Crippen molar-refractivity contribution in [3.8, 4) is 5.75 Å². The highest BCUT2D eigenvalue weighted by Crippen LogP contribution is 2.28. The van der Waals surface area contributed by atoms with Crippen LogP contribution in [0.4, 0.5) is 0 Å². The Hall–Kier alpha value is -1.55. The second-order valence-corrected chi connectivity index (χ2v) is 4.74. The maximum atomic E-state index is 11.6. The highest BCUT2D eigenvalue weighted by atomic mass is 16.5. The topological polar surface area (TPSA) is 47.6 Å². The first-order chi connectivity index (χ1) is 9.05. The number of carbonyl (C=O) groups excluding carboxylic acids is 1. The number of nitrogens with one attached hydrogen (secondary N) is 1. The quantitative estimate of drug-likeness (QED) is 0.769. The average molecular weight is 265 g/mol. The van der Waals surface area contributed by atoms with Gasteiger partial charge in [-0.25, -0.2) is 0 Å². The zero-order valence-corrected chi connectivity index (χ0v) is 12.2. The standard InChI is InChI=1S/C15H23NO3/c1-5-9-16-15(2,11-14(17)19-4)12-7-6-8-13(10-12)18-3/h6-8,10,16H,5,9,11H2,1-4H3. The van der Waals surface area contributed by atoms with E-state index < -0.39 is 5.54 Å². The van der Waals surface area contributed by atoms with Crippen molar-refractivity contribution in [1.29, 1.82) is 0 Å². The lowest BCUT2D eigenvalue weighted by molar-refractivity contribution is -0.142. The van der Waals surface area contributed by atoms with Crippen molar-refractivity contribution >= 4 is 5.97 Å². The number of esters is 1. The van der Waals surface area contributed by atoms with Crippen molar-refractivity contribution in [3.63, 3.8) is 0 Å². The van der Waals surface area contributed by atoms with Gasteiger partial charge in [0.05, 0.1) is 26.2 Å². The third-order valence-corrected chi connectivity index (χ3v) is 3.20. The number of hydrogen-bond acceptors (Lipinski definition) is 4. The molecule has 1 aromatic carbocycles. The van der Waals surface area contributed by atoms with Crippen molar-refractivity contribution in [2.75, 3.05) is 20.8 Å². The van der Waals surface area contributed by atoms with E-state index in [2.05, 4.69) is 12.2 Å². The van der Waals surface area contributed by atoms with E-state index in [0.29, 0.717) is 0 Å². The van der Waals surface area contributed by atoms with Gasteiger partial charge >= 0.3 is 5.97 Å². The average Bonchev–Trinajstić information content (AvgIpc) is 2.45. The Kier molecular flexibility index (Phi) is 5.83. The Morgan fingerprint density at radius 3 is 2.68 bits per heavy atom. The molecule has 0 aliphatic heterocycles. The molecule has 0 aromatic heterocycles. The predicted octanol–water partition coefficient (Wildman–Crippen LogP) is 2.47. The Labute approximate surface area is 115 Å². The van der Waals surface area contributed by atoms with Crippen molar-refractivity contribution in [2.45, 2.75) is 32.2 Å². The SMILES string of the molecule is CCCNC(C)(CC(=O)OC)c1cccc(OC)c1. The minimum atomic E-state index is -0.447. The molecule has 0 saturated heterocycles. The Morgan fingerprint density at radius 1 is 1.37 bits per heavy atom. The molecule has 1 N–H and O–H groups in total. The third kappa shape index (κ3) is 4.24. The molecule has 0 aliphatic rings. The summed E-state index contributed by atoms with van der Waals surface area (Å²) in [5.74, 6) is 0.556. The van der Waals surface area contributed by atoms with Crippen LogP contribution in [0.3, 0.4) is 0 Å². The summed E-state index contributed by atoms with van der Waals surface area (Å²) in [6.07, 6.45) is 1.29. The molecular formula is C15H23NO3. The first-order valence-electron chi connectivity index (χ1n) is 6.52. The first kappa shape index (κ1) is 15.5. The minimum Gasteiger partial charge on any atom is -0.497 e. The highest BCUT2D eigenvalue weighted by Gasteiger charge is 2.29. The number of rotatable bonds is 7. The summed E-state index contributed by atoms with van der Waals surface area (Å²) in [5.41, 5.74) is 0.572. The van der Waals surface area contributed by atoms with Crippen LogP contribution in [0.2, 0.25) is 0 Å². The van der Waals surface area contributed by atoms with E-state index in [1.165, 1.54) is 7.11 Å². The van der Waals surface area contributed by atoms with Crippen molar-refractivity contribution in [2.24, 2.45) is 0 Å². The van der Waals surface area contributed by atoms with E-state index in [-0.39, 0.29) is 12.4 Å². The zero-order chi connectivity index (χ0) is 14.3. The lowest BCUT2D eigenvalue weighted by Crippen LogP contribution is -2.42. The molecule has 1 rings (SSSR count). The zero-order valence-electron chi connectivity index (χ0n) is 12.2. The second kappa shape index (κ2) is 7.14. The fourth-order valence-corrected chi connectivity index (χ4v) is 1.99. The number of methoxy groups -OCH3 is 2. The van der Waals surface area contributed by atoms with Gasteiger partial charge in [0, 0.05) is 0 Å². The summed E-state index contributed by atoms with van der Waals surface area (Å²) in [5, 5.41) is 3.42. The monoisotopic (exact) mass is 265 g/mol. The van der Waals surface area contributed by atoms with Gasteiger partial charge in [-0.2, -0.15) is 0 Å². The van der Waals surface area contributed by atoms with Crippen molar-refractivity contribution in [3.05, 3.63) is 29.8 Å². The van der Waals surface area contributed by atoms with Gasteiger partial charge in [0.2, 0.25) is 0 Å². The van der Waals surface area contributed by atoms with E-state index >= 15 is 0 Å². The molecule has 0 amide bonds. The number of ether oxygens (including phenoxy) is 2. The second-order valence-electron chi connectivity index (χ2n) is 4.74. The van der Waals surface area contributed by atoms with Crippen LogP contribution in [0.5, 0.6) is 5.75 Å². The van der Waals surface area contributed by atoms with Crippen molar-refractivity contribution in [1.82, 2.24) is 5.32 Å². The lowest BCUT2D eigenvalue weighted by Gasteiger charge is -2.31. The molecule has 19 heavy (non-hydrogen) atoms. The fourth-order valence-electron chi connectivity index (χ4n) is 1.99. The van der Waals surface area contributed by atoms with Crippen LogP contribution in [0.25, 0.3) is 0 Å². The van der Waals surface area contributed by atoms with Crippen LogP contribution in [-0.4, -0.2) is 26.7 Å². The van der Waals surface area contributed by atoms with Gasteiger partial charge < -0.3 is 14.8 Å². The normalized spacial score (nSPS) is 13.7. The van der Waals surface area contributed by atoms with E-state index in [0.717, 1.165) is 24.3 Å². The van der Waals surface area contributed by atoms with Crippen molar-refractivity contribution < 1.29 is 14.3 Å². The van der Waals surface area contributed by atoms with E-state index in [4.69, 9.17) is 9.47 Å². The molecule has 1 atom stereocenters. The summed E-state index contributed by atoms with van der Waals surface area (Å²) >= 11 is 0. The molecule has 4 nitrogen and oxygen atoms in total. The largest absolute Gasteiger partial charge is 0.497 e. The minimum absolute atomic E-state index is 0.228. The van der Waals surface area contributed by atoms with E-state index in [9.17, 15) is 4.79 Å². The maximum absolute atomic E-state index is 11.6. The summed E-state index contributed by atoms with van der Waals surface area (Å²) in [7, 11) is 3.05. The van der Waals surface area contributed by atoms with Crippen LogP contribution in [-0.2, 0) is 15.1 Å². The molecule has 4 heteroatoms. The highest BCUT2D eigenvalue weighted by molar-refractivity contribution is 5.71. The van der Waals surface area contributed by atoms with Gasteiger partial charge in [-0.1, -0.05) is 19.1 Å². The van der Waals surface area contributed by atoms with Gasteiger partial charge in [-0.3, -0.25) is 4.79 Å². The van der Waals surface area contributed by atoms with Gasteiger partial charge in [0.15, 0.2) is 0 Å². The van der Waals surface area contributed by atoms with Crippen LogP contribution in [0.15, 0.2) is 24.3 Å². The summed E-state index contributed by atoms with van der Waals surface area (Å²) in [4.78, 5) is 11.6. The number of hydrogen-bond donors (Lipinski definition) is 1. The van der Waals surface area contributed by atoms with Crippen LogP contribution in [0.1, 0.15) is 32.3 Å². The Balaban J connectivity index is 3.02. The van der Waals surface area contributed by atoms with Gasteiger partial charge in [0.1, 0.15) is 5.75 Å². The summed E-state index contributed by atoms with van der Waals surface area (Å²) < 4.78 is 10.0. The molecule has 0 fully saturated rings. The lowest BCUT2D eigenvalue weighted by atomic mass is 9.88. The number of benzene rings is 1. The fraction of sp³-hybridized carbons (Fsp3) is 0.533. The Bertz CT molecular complexity index is 420. The predicted molar refractivity (Wildman–Crippen MR) is 75.3 cm³/mol. The molecule has 106 valence electrons. The molecule has 0 radical (unpaired) electrons. The van der Waals surface area contributed by atoms with Crippen LogP contribution < -0.4 is 10.1 Å². The molecular weight excluding hydrogens is 242 g/mol. The van der Waals surface area contributed by atoms with Gasteiger partial charge in [0.25, 0.3) is 0 Å². The molecule has 0 saturated carbocycles. The molecule has 1 aromatic rings. The number of carbonyl (C=O) groups is 1. The van der Waals surface area contributed by atoms with E-state index in [1.807, 2.05) is 31.2 Å². The van der Waals surface area contributed by atoms with Crippen LogP contribution >= 0.6 is 0 Å². The Morgan fingerprint density at radius 2 is 2.11 bits per heavy atom. The molecule has 1 unspecified atom stereocenters. The van der Waals surface area contributed by atoms with E-state index in [1.54, 1.807) is 7.11 Å². The smallest absolute Gasteiger partial charge is 0.307 e. The van der Waals surface area contributed by atoms with Crippen LogP contribution in [0, 0.1) is 0 Å². The molecule has 0 bridgehead atoms.